The molecule has 0 aromatic heterocycles. The van der Waals surface area contributed by atoms with Crippen LogP contribution in [0.2, 0.25) is 0 Å². The number of nitrogens with zero attached hydrogens (tertiary/aromatic N) is 1. The Hall–Kier alpha value is -2.05. The lowest BCUT2D eigenvalue weighted by atomic mass is 10.1. The molecule has 0 aliphatic carbocycles. The summed E-state index contributed by atoms with van der Waals surface area (Å²) >= 11 is 1.70. The molecule has 0 aliphatic rings. The summed E-state index contributed by atoms with van der Waals surface area (Å²) in [7, 11) is 0. The summed E-state index contributed by atoms with van der Waals surface area (Å²) in [6.45, 7) is 5.45. The maximum atomic E-state index is 13.8. The van der Waals surface area contributed by atoms with Crippen molar-refractivity contribution in [1.29, 1.82) is 0 Å². The first-order chi connectivity index (χ1) is 12.5. The zero-order valence-corrected chi connectivity index (χ0v) is 16.2. The molecule has 0 spiro atoms. The molecule has 2 rings (SSSR count). The minimum atomic E-state index is -0.943. The summed E-state index contributed by atoms with van der Waals surface area (Å²) in [6, 6.07) is 12.6. The van der Waals surface area contributed by atoms with E-state index in [0.717, 1.165) is 5.56 Å². The lowest BCUT2D eigenvalue weighted by Crippen LogP contribution is -2.39. The van der Waals surface area contributed by atoms with E-state index in [4.69, 9.17) is 0 Å². The van der Waals surface area contributed by atoms with Crippen LogP contribution in [0.4, 0.5) is 4.39 Å². The van der Waals surface area contributed by atoms with Gasteiger partial charge in [0.05, 0.1) is 12.6 Å². The number of rotatable bonds is 7. The van der Waals surface area contributed by atoms with Gasteiger partial charge in [-0.1, -0.05) is 30.3 Å². The molecule has 4 nitrogen and oxygen atoms in total. The van der Waals surface area contributed by atoms with E-state index >= 15 is 0 Å². The number of hydrogen-bond donors (Lipinski definition) is 3. The highest BCUT2D eigenvalue weighted by atomic mass is 32.2. The molecule has 2 aromatic carbocycles. The third-order valence-electron chi connectivity index (χ3n) is 3.92. The Morgan fingerprint density at radius 2 is 2.00 bits per heavy atom. The Kier molecular flexibility index (Phi) is 7.94. The van der Waals surface area contributed by atoms with Crippen molar-refractivity contribution in [3.8, 4) is 0 Å². The van der Waals surface area contributed by atoms with Gasteiger partial charge in [0.25, 0.3) is 0 Å². The summed E-state index contributed by atoms with van der Waals surface area (Å²) in [6.07, 6.45) is 1.11. The molecule has 0 bridgehead atoms. The van der Waals surface area contributed by atoms with Gasteiger partial charge in [-0.2, -0.15) is 0 Å². The third kappa shape index (κ3) is 5.75. The molecule has 0 saturated heterocycles. The van der Waals surface area contributed by atoms with Crippen molar-refractivity contribution in [2.75, 3.05) is 19.3 Å². The number of halogens is 1. The second-order valence-electron chi connectivity index (χ2n) is 5.93. The molecule has 0 heterocycles. The predicted molar refractivity (Wildman–Crippen MR) is 107 cm³/mol. The highest BCUT2D eigenvalue weighted by Crippen LogP contribution is 2.22. The van der Waals surface area contributed by atoms with Gasteiger partial charge >= 0.3 is 0 Å². The summed E-state index contributed by atoms with van der Waals surface area (Å²) in [4.78, 5) is 5.79. The van der Waals surface area contributed by atoms with Crippen molar-refractivity contribution in [3.63, 3.8) is 0 Å². The highest BCUT2D eigenvalue weighted by molar-refractivity contribution is 7.98. The first kappa shape index (κ1) is 20.3. The lowest BCUT2D eigenvalue weighted by Gasteiger charge is -2.16. The summed E-state index contributed by atoms with van der Waals surface area (Å²) < 4.78 is 13.8. The first-order valence-corrected chi connectivity index (χ1v) is 9.85. The maximum Gasteiger partial charge on any atom is 0.191 e. The average Bonchev–Trinajstić information content (AvgIpc) is 2.64. The second-order valence-corrected chi connectivity index (χ2v) is 6.78. The van der Waals surface area contributed by atoms with Gasteiger partial charge in [0.2, 0.25) is 0 Å². The molecule has 0 fully saturated rings. The number of aliphatic hydroxyl groups is 1. The van der Waals surface area contributed by atoms with Crippen LogP contribution in [0.1, 0.15) is 29.7 Å². The standard InChI is InChI=1S/C20H26FN3OS/c1-4-22-20(23-12-15-10-9-14(2)11-19(15)26-3)24-13-18(25)16-7-5-6-8-17(16)21/h5-11,18,25H,4,12-13H2,1-3H3,(H2,22,23,24). The fraction of sp³-hybridized carbons (Fsp3) is 0.350. The number of aliphatic hydroxyl groups excluding tert-OH is 1. The summed E-state index contributed by atoms with van der Waals surface area (Å²) in [5.74, 6) is 0.184. The van der Waals surface area contributed by atoms with Crippen molar-refractivity contribution in [3.05, 3.63) is 65.0 Å². The molecule has 1 unspecified atom stereocenters. The zero-order valence-electron chi connectivity index (χ0n) is 15.4. The fourth-order valence-electron chi connectivity index (χ4n) is 2.54. The molecule has 0 radical (unpaired) electrons. The minimum absolute atomic E-state index is 0.177. The Morgan fingerprint density at radius 3 is 2.69 bits per heavy atom. The number of nitrogens with one attached hydrogen (secondary N) is 2. The summed E-state index contributed by atoms with van der Waals surface area (Å²) in [5, 5.41) is 16.5. The van der Waals surface area contributed by atoms with Gasteiger partial charge in [-0.3, -0.25) is 0 Å². The van der Waals surface area contributed by atoms with Crippen LogP contribution in [0.5, 0.6) is 0 Å². The molecule has 26 heavy (non-hydrogen) atoms. The van der Waals surface area contributed by atoms with Crippen molar-refractivity contribution >= 4 is 17.7 Å². The minimum Gasteiger partial charge on any atom is -0.386 e. The second kappa shape index (κ2) is 10.2. The number of aliphatic imine (C=N–C) groups is 1. The van der Waals surface area contributed by atoms with Crippen LogP contribution in [0, 0.1) is 12.7 Å². The normalized spacial score (nSPS) is 12.7. The van der Waals surface area contributed by atoms with E-state index in [-0.39, 0.29) is 12.1 Å². The average molecular weight is 376 g/mol. The maximum absolute atomic E-state index is 13.8. The monoisotopic (exact) mass is 375 g/mol. The number of guanidine groups is 1. The van der Waals surface area contributed by atoms with E-state index in [1.54, 1.807) is 30.0 Å². The van der Waals surface area contributed by atoms with Crippen molar-refractivity contribution in [2.45, 2.75) is 31.4 Å². The molecular weight excluding hydrogens is 349 g/mol. The number of hydrogen-bond acceptors (Lipinski definition) is 3. The van der Waals surface area contributed by atoms with Crippen LogP contribution in [0.15, 0.2) is 52.4 Å². The number of aryl methyl sites for hydroxylation is 1. The quantitative estimate of drug-likeness (QED) is 0.393. The van der Waals surface area contributed by atoms with Crippen LogP contribution in [0.25, 0.3) is 0 Å². The van der Waals surface area contributed by atoms with E-state index in [1.807, 2.05) is 6.92 Å². The van der Waals surface area contributed by atoms with Crippen LogP contribution in [-0.2, 0) is 6.54 Å². The van der Waals surface area contributed by atoms with Gasteiger partial charge in [-0.05, 0) is 43.4 Å². The van der Waals surface area contributed by atoms with Crippen LogP contribution in [0.3, 0.4) is 0 Å². The lowest BCUT2D eigenvalue weighted by molar-refractivity contribution is 0.176. The van der Waals surface area contributed by atoms with E-state index in [9.17, 15) is 9.50 Å². The van der Waals surface area contributed by atoms with Gasteiger partial charge < -0.3 is 15.7 Å². The topological polar surface area (TPSA) is 56.7 Å². The van der Waals surface area contributed by atoms with Crippen molar-refractivity contribution in [2.24, 2.45) is 4.99 Å². The predicted octanol–water partition coefficient (Wildman–Crippen LogP) is 3.64. The Morgan fingerprint density at radius 1 is 1.23 bits per heavy atom. The van der Waals surface area contributed by atoms with Crippen LogP contribution in [-0.4, -0.2) is 30.4 Å². The molecule has 3 N–H and O–H groups in total. The van der Waals surface area contributed by atoms with Crippen LogP contribution >= 0.6 is 11.8 Å². The molecule has 0 aliphatic heterocycles. The van der Waals surface area contributed by atoms with Crippen molar-refractivity contribution in [1.82, 2.24) is 10.6 Å². The Labute approximate surface area is 158 Å². The molecule has 6 heteroatoms. The van der Waals surface area contributed by atoms with E-state index in [2.05, 4.69) is 47.0 Å². The van der Waals surface area contributed by atoms with Gasteiger partial charge in [0, 0.05) is 23.5 Å². The zero-order chi connectivity index (χ0) is 18.9. The number of thioether (sulfide) groups is 1. The molecule has 1 atom stereocenters. The van der Waals surface area contributed by atoms with E-state index in [1.165, 1.54) is 16.5 Å². The third-order valence-corrected chi connectivity index (χ3v) is 4.74. The molecule has 2 aromatic rings. The van der Waals surface area contributed by atoms with Crippen LogP contribution < -0.4 is 10.6 Å². The SMILES string of the molecule is CCNC(=NCc1ccc(C)cc1SC)NCC(O)c1ccccc1F. The van der Waals surface area contributed by atoms with E-state index in [0.29, 0.717) is 19.0 Å². The van der Waals surface area contributed by atoms with Crippen molar-refractivity contribution < 1.29 is 9.50 Å². The fourth-order valence-corrected chi connectivity index (χ4v) is 3.24. The summed E-state index contributed by atoms with van der Waals surface area (Å²) in [5.41, 5.74) is 2.65. The highest BCUT2D eigenvalue weighted by Gasteiger charge is 2.12. The number of benzene rings is 2. The van der Waals surface area contributed by atoms with E-state index < -0.39 is 11.9 Å². The van der Waals surface area contributed by atoms with Gasteiger partial charge in [-0.25, -0.2) is 9.38 Å². The largest absolute Gasteiger partial charge is 0.386 e. The first-order valence-electron chi connectivity index (χ1n) is 8.63. The smallest absolute Gasteiger partial charge is 0.191 e. The molecule has 0 saturated carbocycles. The Balaban J connectivity index is 2.04. The van der Waals surface area contributed by atoms with Gasteiger partial charge in [0.15, 0.2) is 5.96 Å². The Bertz CT molecular complexity index is 752. The molecule has 0 amide bonds. The molecular formula is C20H26FN3OS. The molecule has 140 valence electrons. The van der Waals surface area contributed by atoms with Gasteiger partial charge in [-0.15, -0.1) is 11.8 Å². The van der Waals surface area contributed by atoms with Gasteiger partial charge in [0.1, 0.15) is 5.82 Å².